The second kappa shape index (κ2) is 15.6. The van der Waals surface area contributed by atoms with Gasteiger partial charge in [0.1, 0.15) is 0 Å². The van der Waals surface area contributed by atoms with Crippen LogP contribution in [-0.4, -0.2) is 24.1 Å². The molecule has 0 unspecified atom stereocenters. The second-order valence-electron chi connectivity index (χ2n) is 15.6. The number of aromatic nitrogens is 5. The van der Waals surface area contributed by atoms with Crippen molar-refractivity contribution in [2.45, 2.75) is 0 Å². The molecule has 0 aliphatic rings. The number of rotatable bonds is 6. The first-order valence-corrected chi connectivity index (χ1v) is 20.7. The molecule has 0 aliphatic heterocycles. The standard InChI is InChI=1S/C56H28N10/c1-60-39-16-23-50-47(28-39)45-26-35(32-58)13-20-49(45)65(50)41-18-19-42(56-63-54(37-9-5-3-6-10-37)62-55(64-56)38-11-7-4-8-12-38)43(30-41)44-25-34(31-57)14-21-51(44)66-52-22-15-36(33-59)27-46(52)48-29-40(61-2)17-24-53(48)66/h3-30H. The van der Waals surface area contributed by atoms with E-state index in [-0.39, 0.29) is 0 Å². The molecule has 11 aromatic rings. The largest absolute Gasteiger partial charge is 0.309 e. The van der Waals surface area contributed by atoms with Gasteiger partial charge in [-0.05, 0) is 113 Å². The number of hydrogen-bond acceptors (Lipinski definition) is 6. The van der Waals surface area contributed by atoms with E-state index in [0.29, 0.717) is 62.2 Å². The van der Waals surface area contributed by atoms with Crippen molar-refractivity contribution in [3.63, 3.8) is 0 Å². The SMILES string of the molecule is [C-]#[N+]c1ccc2c(c1)c1cc(C#N)ccc1n2-c1ccc(-c2nc(-c3ccccc3)nc(-c3ccccc3)n2)c(-c2cc(C#N)ccc2-n2c3ccc(C#N)cc3c3cc([N+]#[C-])ccc32)c1. The quantitative estimate of drug-likeness (QED) is 0.153. The second-order valence-corrected chi connectivity index (χ2v) is 15.6. The van der Waals surface area contributed by atoms with Gasteiger partial charge < -0.3 is 9.13 Å². The number of hydrogen-bond donors (Lipinski definition) is 0. The highest BCUT2D eigenvalue weighted by molar-refractivity contribution is 6.12. The van der Waals surface area contributed by atoms with Gasteiger partial charge in [-0.2, -0.15) is 15.8 Å². The number of benzene rings is 8. The number of nitriles is 3. The number of nitrogens with zero attached hydrogens (tertiary/aromatic N) is 10. The summed E-state index contributed by atoms with van der Waals surface area (Å²) in [5, 5.41) is 33.7. The first-order chi connectivity index (χ1) is 32.5. The molecule has 0 spiro atoms. The van der Waals surface area contributed by atoms with E-state index >= 15 is 0 Å². The third-order valence-corrected chi connectivity index (χ3v) is 11.9. The predicted octanol–water partition coefficient (Wildman–Crippen LogP) is 13.5. The molecule has 0 saturated heterocycles. The summed E-state index contributed by atoms with van der Waals surface area (Å²) >= 11 is 0. The van der Waals surface area contributed by atoms with Gasteiger partial charge in [0.25, 0.3) is 0 Å². The van der Waals surface area contributed by atoms with Crippen LogP contribution in [0.3, 0.4) is 0 Å². The minimum atomic E-state index is 0.405. The van der Waals surface area contributed by atoms with Gasteiger partial charge in [0.2, 0.25) is 0 Å². The summed E-state index contributed by atoms with van der Waals surface area (Å²) < 4.78 is 4.23. The Labute approximate surface area is 377 Å². The molecule has 10 nitrogen and oxygen atoms in total. The van der Waals surface area contributed by atoms with E-state index in [0.717, 1.165) is 66.1 Å². The molecule has 0 saturated carbocycles. The normalized spacial score (nSPS) is 11.0. The summed E-state index contributed by atoms with van der Waals surface area (Å²) in [6.45, 7) is 15.6. The zero-order valence-corrected chi connectivity index (χ0v) is 34.6. The molecule has 10 heteroatoms. The van der Waals surface area contributed by atoms with Gasteiger partial charge >= 0.3 is 0 Å². The molecule has 11 rings (SSSR count). The minimum Gasteiger partial charge on any atom is -0.309 e. The summed E-state index contributed by atoms with van der Waals surface area (Å²) in [5.41, 5.74) is 10.8. The van der Waals surface area contributed by atoms with Crippen LogP contribution in [0.2, 0.25) is 0 Å². The highest BCUT2D eigenvalue weighted by Gasteiger charge is 2.23. The Bertz CT molecular complexity index is 3850. The molecule has 0 amide bonds. The van der Waals surface area contributed by atoms with Crippen molar-refractivity contribution < 1.29 is 0 Å². The average molecular weight is 841 g/mol. The topological polar surface area (TPSA) is 129 Å². The molecule has 0 fully saturated rings. The first-order valence-electron chi connectivity index (χ1n) is 20.7. The Kier molecular flexibility index (Phi) is 9.17. The highest BCUT2D eigenvalue weighted by Crippen LogP contribution is 2.43. The molecule has 0 atom stereocenters. The maximum atomic E-state index is 10.5. The van der Waals surface area contributed by atoms with Gasteiger partial charge in [-0.25, -0.2) is 24.6 Å². The summed E-state index contributed by atoms with van der Waals surface area (Å²) in [6, 6.07) is 60.3. The molecule has 0 radical (unpaired) electrons. The van der Waals surface area contributed by atoms with Crippen molar-refractivity contribution in [1.29, 1.82) is 15.8 Å². The van der Waals surface area contributed by atoms with Crippen molar-refractivity contribution in [2.75, 3.05) is 0 Å². The summed E-state index contributed by atoms with van der Waals surface area (Å²) in [6.07, 6.45) is 0. The lowest BCUT2D eigenvalue weighted by molar-refractivity contribution is 1.07. The van der Waals surface area contributed by atoms with Gasteiger partial charge in [-0.3, -0.25) is 0 Å². The monoisotopic (exact) mass is 840 g/mol. The smallest absolute Gasteiger partial charge is 0.188 e. The lowest BCUT2D eigenvalue weighted by Crippen LogP contribution is -2.04. The Morgan fingerprint density at radius 1 is 0.394 bits per heavy atom. The van der Waals surface area contributed by atoms with E-state index in [9.17, 15) is 15.8 Å². The summed E-state index contributed by atoms with van der Waals surface area (Å²) in [7, 11) is 0. The van der Waals surface area contributed by atoms with Gasteiger partial charge in [0.15, 0.2) is 28.8 Å². The van der Waals surface area contributed by atoms with E-state index in [4.69, 9.17) is 28.1 Å². The van der Waals surface area contributed by atoms with E-state index in [1.54, 1.807) is 30.3 Å². The van der Waals surface area contributed by atoms with Gasteiger partial charge in [0.05, 0.1) is 75.8 Å². The van der Waals surface area contributed by atoms with Crippen LogP contribution in [0.1, 0.15) is 16.7 Å². The van der Waals surface area contributed by atoms with E-state index in [1.165, 1.54) is 0 Å². The Morgan fingerprint density at radius 3 is 1.36 bits per heavy atom. The molecular formula is C56H28N10. The van der Waals surface area contributed by atoms with Crippen LogP contribution >= 0.6 is 0 Å². The van der Waals surface area contributed by atoms with E-state index < -0.39 is 0 Å². The Balaban J connectivity index is 1.27. The zero-order chi connectivity index (χ0) is 44.9. The zero-order valence-electron chi connectivity index (χ0n) is 34.6. The molecule has 302 valence electrons. The molecule has 3 aromatic heterocycles. The minimum absolute atomic E-state index is 0.405. The Morgan fingerprint density at radius 2 is 0.848 bits per heavy atom. The van der Waals surface area contributed by atoms with Gasteiger partial charge in [-0.15, -0.1) is 0 Å². The fourth-order valence-electron chi connectivity index (χ4n) is 8.87. The van der Waals surface area contributed by atoms with Gasteiger partial charge in [0, 0.05) is 38.7 Å². The molecular weight excluding hydrogens is 813 g/mol. The lowest BCUT2D eigenvalue weighted by atomic mass is 9.94. The van der Waals surface area contributed by atoms with Crippen molar-refractivity contribution in [1.82, 2.24) is 24.1 Å². The first kappa shape index (κ1) is 38.7. The van der Waals surface area contributed by atoms with Crippen LogP contribution in [0.15, 0.2) is 170 Å². The van der Waals surface area contributed by atoms with Crippen molar-refractivity contribution in [3.05, 3.63) is 209 Å². The maximum absolute atomic E-state index is 10.5. The van der Waals surface area contributed by atoms with Crippen molar-refractivity contribution in [3.8, 4) is 74.9 Å². The van der Waals surface area contributed by atoms with E-state index in [1.807, 2.05) is 133 Å². The fourth-order valence-corrected chi connectivity index (χ4v) is 8.87. The maximum Gasteiger partial charge on any atom is 0.188 e. The molecule has 66 heavy (non-hydrogen) atoms. The molecule has 3 heterocycles. The van der Waals surface area contributed by atoms with Crippen molar-refractivity contribution in [2.24, 2.45) is 0 Å². The lowest BCUT2D eigenvalue weighted by Gasteiger charge is -2.19. The summed E-state index contributed by atoms with van der Waals surface area (Å²) in [5.74, 6) is 1.37. The van der Waals surface area contributed by atoms with Crippen LogP contribution < -0.4 is 0 Å². The molecule has 0 aliphatic carbocycles. The van der Waals surface area contributed by atoms with E-state index in [2.05, 4.69) is 43.1 Å². The third kappa shape index (κ3) is 6.35. The van der Waals surface area contributed by atoms with Crippen LogP contribution in [-0.2, 0) is 0 Å². The number of fused-ring (bicyclic) bond motifs is 6. The average Bonchev–Trinajstić information content (AvgIpc) is 3.89. The van der Waals surface area contributed by atoms with Crippen molar-refractivity contribution >= 4 is 55.0 Å². The van der Waals surface area contributed by atoms with Crippen LogP contribution in [0.5, 0.6) is 0 Å². The van der Waals surface area contributed by atoms with Crippen LogP contribution in [0, 0.1) is 47.1 Å². The predicted molar refractivity (Wildman–Crippen MR) is 257 cm³/mol. The highest BCUT2D eigenvalue weighted by atomic mass is 15.0. The molecule has 0 bridgehead atoms. The van der Waals surface area contributed by atoms with Crippen LogP contribution in [0.4, 0.5) is 11.4 Å². The third-order valence-electron chi connectivity index (χ3n) is 11.9. The Hall–Kier alpha value is -10.2. The molecule has 8 aromatic carbocycles. The molecule has 0 N–H and O–H groups in total. The summed E-state index contributed by atoms with van der Waals surface area (Å²) in [4.78, 5) is 22.8. The van der Waals surface area contributed by atoms with Gasteiger partial charge in [-0.1, -0.05) is 72.8 Å². The van der Waals surface area contributed by atoms with Crippen LogP contribution in [0.25, 0.3) is 110 Å². The fraction of sp³-hybridized carbons (Fsp3) is 0.